The van der Waals surface area contributed by atoms with Gasteiger partial charge in [0.1, 0.15) is 12.2 Å². The Labute approximate surface area is 129 Å². The van der Waals surface area contributed by atoms with Gasteiger partial charge < -0.3 is 9.47 Å². The van der Waals surface area contributed by atoms with Gasteiger partial charge in [-0.2, -0.15) is 4.98 Å². The molecule has 0 aliphatic heterocycles. The summed E-state index contributed by atoms with van der Waals surface area (Å²) in [4.78, 5) is 18.0. The molecule has 1 N–H and O–H groups in total. The van der Waals surface area contributed by atoms with Gasteiger partial charge >= 0.3 is 6.03 Å². The van der Waals surface area contributed by atoms with Crippen LogP contribution in [0.25, 0.3) is 0 Å². The molecule has 2 aromatic rings. The summed E-state index contributed by atoms with van der Waals surface area (Å²) >= 11 is 0. The van der Waals surface area contributed by atoms with Crippen molar-refractivity contribution in [3.63, 3.8) is 0 Å². The molecule has 120 valence electrons. The molecule has 0 aromatic carbocycles. The average molecular weight is 306 g/mol. The number of nitrogens with zero attached hydrogens (tertiary/aromatic N) is 7. The van der Waals surface area contributed by atoms with Gasteiger partial charge in [0.15, 0.2) is 5.82 Å². The molecule has 0 unspecified atom stereocenters. The van der Waals surface area contributed by atoms with Crippen molar-refractivity contribution in [2.24, 2.45) is 0 Å². The van der Waals surface area contributed by atoms with E-state index in [-0.39, 0.29) is 12.1 Å². The maximum Gasteiger partial charge on any atom is 0.324 e. The van der Waals surface area contributed by atoms with E-state index in [4.69, 9.17) is 0 Å². The highest BCUT2D eigenvalue weighted by Crippen LogP contribution is 2.10. The normalized spacial score (nSPS) is 11.0. The second kappa shape index (κ2) is 6.54. The minimum atomic E-state index is -0.286. The number of hydrogen-bond donors (Lipinski definition) is 1. The quantitative estimate of drug-likeness (QED) is 0.902. The van der Waals surface area contributed by atoms with E-state index in [2.05, 4.69) is 25.6 Å². The zero-order valence-corrected chi connectivity index (χ0v) is 13.6. The number of aryl methyl sites for hydroxylation is 2. The predicted octanol–water partition coefficient (Wildman–Crippen LogP) is 1.44. The third kappa shape index (κ3) is 3.41. The van der Waals surface area contributed by atoms with E-state index in [0.717, 1.165) is 18.2 Å². The van der Waals surface area contributed by atoms with Crippen molar-refractivity contribution in [1.29, 1.82) is 0 Å². The Kier molecular flexibility index (Phi) is 4.74. The fourth-order valence-electron chi connectivity index (χ4n) is 2.08. The van der Waals surface area contributed by atoms with Crippen LogP contribution in [-0.4, -0.2) is 47.5 Å². The average Bonchev–Trinajstić information content (AvgIpc) is 3.04. The van der Waals surface area contributed by atoms with Crippen molar-refractivity contribution in [3.8, 4) is 0 Å². The maximum absolute atomic E-state index is 12.2. The molecule has 22 heavy (non-hydrogen) atoms. The summed E-state index contributed by atoms with van der Waals surface area (Å²) in [7, 11) is 1.69. The third-order valence-electron chi connectivity index (χ3n) is 3.27. The van der Waals surface area contributed by atoms with Crippen LogP contribution >= 0.6 is 0 Å². The van der Waals surface area contributed by atoms with Gasteiger partial charge in [0.25, 0.3) is 0 Å². The van der Waals surface area contributed by atoms with Crippen LogP contribution < -0.4 is 5.32 Å². The first-order valence-corrected chi connectivity index (χ1v) is 7.24. The molecule has 0 spiro atoms. The second-order valence-electron chi connectivity index (χ2n) is 5.34. The van der Waals surface area contributed by atoms with Crippen LogP contribution in [0.4, 0.5) is 10.7 Å². The lowest BCUT2D eigenvalue weighted by Crippen LogP contribution is -2.32. The molecule has 0 saturated heterocycles. The minimum Gasteiger partial charge on any atom is -0.320 e. The first-order chi connectivity index (χ1) is 10.4. The molecule has 0 saturated carbocycles. The Bertz CT molecular complexity index is 644. The summed E-state index contributed by atoms with van der Waals surface area (Å²) < 4.78 is 3.66. The van der Waals surface area contributed by atoms with E-state index >= 15 is 0 Å². The minimum absolute atomic E-state index is 0.194. The molecular formula is C13H22N8O. The van der Waals surface area contributed by atoms with Gasteiger partial charge in [0.2, 0.25) is 5.95 Å². The maximum atomic E-state index is 12.2. The van der Waals surface area contributed by atoms with Crippen LogP contribution in [-0.2, 0) is 13.1 Å². The monoisotopic (exact) mass is 306 g/mol. The van der Waals surface area contributed by atoms with E-state index in [1.54, 1.807) is 18.1 Å². The molecule has 0 radical (unpaired) electrons. The summed E-state index contributed by atoms with van der Waals surface area (Å²) in [6.07, 6.45) is 1.65. The summed E-state index contributed by atoms with van der Waals surface area (Å²) in [6.45, 7) is 9.00. The lowest BCUT2D eigenvalue weighted by atomic mass is 10.4. The van der Waals surface area contributed by atoms with Gasteiger partial charge in [-0.25, -0.2) is 9.48 Å². The molecule has 9 heteroatoms. The van der Waals surface area contributed by atoms with Crippen LogP contribution in [0.2, 0.25) is 0 Å². The standard InChI is InChI=1S/C13H22N8O/c1-6-20-8-14-17-11(20)7-19(5)13(22)16-12-15-10(4)21(18-12)9(2)3/h8-9H,6-7H2,1-5H3,(H,16,18,22). The highest BCUT2D eigenvalue weighted by Gasteiger charge is 2.16. The van der Waals surface area contributed by atoms with E-state index in [1.165, 1.54) is 4.90 Å². The Morgan fingerprint density at radius 2 is 2.18 bits per heavy atom. The van der Waals surface area contributed by atoms with Gasteiger partial charge in [-0.15, -0.1) is 15.3 Å². The number of carbonyl (C=O) groups excluding carboxylic acids is 1. The first-order valence-electron chi connectivity index (χ1n) is 7.24. The van der Waals surface area contributed by atoms with Crippen LogP contribution in [0, 0.1) is 6.92 Å². The fraction of sp³-hybridized carbons (Fsp3) is 0.615. The number of rotatable bonds is 5. The topological polar surface area (TPSA) is 93.8 Å². The van der Waals surface area contributed by atoms with Crippen molar-refractivity contribution in [1.82, 2.24) is 34.4 Å². The molecule has 0 fully saturated rings. The number of amides is 2. The van der Waals surface area contributed by atoms with Crippen LogP contribution in [0.3, 0.4) is 0 Å². The van der Waals surface area contributed by atoms with Crippen molar-refractivity contribution in [3.05, 3.63) is 18.0 Å². The molecule has 2 aromatic heterocycles. The Morgan fingerprint density at radius 3 is 2.77 bits per heavy atom. The highest BCUT2D eigenvalue weighted by molar-refractivity contribution is 5.87. The number of aromatic nitrogens is 6. The van der Waals surface area contributed by atoms with E-state index in [0.29, 0.717) is 12.5 Å². The molecule has 0 atom stereocenters. The largest absolute Gasteiger partial charge is 0.324 e. The molecular weight excluding hydrogens is 284 g/mol. The predicted molar refractivity (Wildman–Crippen MR) is 81.3 cm³/mol. The van der Waals surface area contributed by atoms with E-state index in [9.17, 15) is 4.79 Å². The third-order valence-corrected chi connectivity index (χ3v) is 3.27. The Balaban J connectivity index is 2.01. The SMILES string of the molecule is CCn1cnnc1CN(C)C(=O)Nc1nc(C)n(C(C)C)n1. The molecule has 0 aliphatic rings. The van der Waals surface area contributed by atoms with Crippen molar-refractivity contribution in [2.45, 2.75) is 46.8 Å². The summed E-state index contributed by atoms with van der Waals surface area (Å²) in [5, 5.41) is 14.8. The highest BCUT2D eigenvalue weighted by atomic mass is 16.2. The van der Waals surface area contributed by atoms with E-state index < -0.39 is 0 Å². The fourth-order valence-corrected chi connectivity index (χ4v) is 2.08. The van der Waals surface area contributed by atoms with Gasteiger partial charge in [0.05, 0.1) is 6.54 Å². The van der Waals surface area contributed by atoms with Gasteiger partial charge in [0, 0.05) is 19.6 Å². The molecule has 2 amide bonds. The number of nitrogens with one attached hydrogen (secondary N) is 1. The number of anilines is 1. The zero-order chi connectivity index (χ0) is 16.3. The van der Waals surface area contributed by atoms with Crippen LogP contribution in [0.5, 0.6) is 0 Å². The molecule has 2 heterocycles. The lowest BCUT2D eigenvalue weighted by molar-refractivity contribution is 0.218. The second-order valence-corrected chi connectivity index (χ2v) is 5.34. The van der Waals surface area contributed by atoms with Gasteiger partial charge in [-0.1, -0.05) is 0 Å². The van der Waals surface area contributed by atoms with Crippen molar-refractivity contribution >= 4 is 12.0 Å². The van der Waals surface area contributed by atoms with E-state index in [1.807, 2.05) is 32.3 Å². The van der Waals surface area contributed by atoms with Gasteiger partial charge in [-0.05, 0) is 27.7 Å². The lowest BCUT2D eigenvalue weighted by Gasteiger charge is -2.16. The Morgan fingerprint density at radius 1 is 1.45 bits per heavy atom. The zero-order valence-electron chi connectivity index (χ0n) is 13.6. The number of urea groups is 1. The summed E-state index contributed by atoms with van der Waals surface area (Å²) in [5.74, 6) is 1.80. The number of hydrogen-bond acceptors (Lipinski definition) is 5. The van der Waals surface area contributed by atoms with Crippen LogP contribution in [0.1, 0.15) is 38.5 Å². The molecule has 9 nitrogen and oxygen atoms in total. The van der Waals surface area contributed by atoms with Crippen molar-refractivity contribution in [2.75, 3.05) is 12.4 Å². The molecule has 0 aliphatic carbocycles. The smallest absolute Gasteiger partial charge is 0.320 e. The van der Waals surface area contributed by atoms with Crippen molar-refractivity contribution < 1.29 is 4.79 Å². The van der Waals surface area contributed by atoms with Crippen LogP contribution in [0.15, 0.2) is 6.33 Å². The molecule has 0 bridgehead atoms. The van der Waals surface area contributed by atoms with Gasteiger partial charge in [-0.3, -0.25) is 5.32 Å². The number of carbonyl (C=O) groups is 1. The molecule has 2 rings (SSSR count). The Hall–Kier alpha value is -2.45. The summed E-state index contributed by atoms with van der Waals surface area (Å²) in [6, 6.07) is -0.0921. The summed E-state index contributed by atoms with van der Waals surface area (Å²) in [5.41, 5.74) is 0. The first kappa shape index (κ1) is 15.9.